The molecule has 0 unspecified atom stereocenters. The molecule has 4 nitrogen and oxygen atoms in total. The molecule has 18 heavy (non-hydrogen) atoms. The van der Waals surface area contributed by atoms with Crippen LogP contribution in [0.5, 0.6) is 11.5 Å². The molecule has 1 aliphatic carbocycles. The minimum Gasteiger partial charge on any atom is -0.508 e. The van der Waals surface area contributed by atoms with E-state index in [1.165, 1.54) is 13.2 Å². The van der Waals surface area contributed by atoms with E-state index in [-0.39, 0.29) is 5.75 Å². The number of phenols is 1. The highest BCUT2D eigenvalue weighted by atomic mass is 35.5. The van der Waals surface area contributed by atoms with E-state index in [1.807, 2.05) is 0 Å². The van der Waals surface area contributed by atoms with Gasteiger partial charge in [-0.25, -0.2) is 4.79 Å². The fraction of sp³-hybridized carbons (Fsp3) is 0.462. The molecule has 1 aliphatic rings. The monoisotopic (exact) mass is 267 g/mol. The number of aromatic hydroxyl groups is 1. The predicted octanol–water partition coefficient (Wildman–Crippen LogP) is 3.16. The van der Waals surface area contributed by atoms with Gasteiger partial charge < -0.3 is 9.84 Å². The maximum atomic E-state index is 10.6. The molecule has 0 saturated heterocycles. The molecule has 1 aromatic rings. The van der Waals surface area contributed by atoms with Crippen molar-refractivity contribution in [3.8, 4) is 11.5 Å². The fourth-order valence-electron chi connectivity index (χ4n) is 2.56. The summed E-state index contributed by atoms with van der Waals surface area (Å²) in [4.78, 5) is 14.6. The molecule has 1 saturated carbocycles. The highest BCUT2D eigenvalue weighted by Crippen LogP contribution is 2.47. The van der Waals surface area contributed by atoms with Crippen LogP contribution < -0.4 is 4.74 Å². The Morgan fingerprint density at radius 1 is 1.44 bits per heavy atom. The van der Waals surface area contributed by atoms with E-state index in [9.17, 15) is 9.90 Å². The van der Waals surface area contributed by atoms with Crippen molar-refractivity contribution < 1.29 is 14.6 Å². The van der Waals surface area contributed by atoms with Gasteiger partial charge in [-0.05, 0) is 18.9 Å². The molecule has 1 fully saturated rings. The van der Waals surface area contributed by atoms with Gasteiger partial charge in [0, 0.05) is 11.6 Å². The summed E-state index contributed by atoms with van der Waals surface area (Å²) >= 11 is 5.94. The van der Waals surface area contributed by atoms with Crippen molar-refractivity contribution in [1.29, 1.82) is 0 Å². The molecule has 0 heterocycles. The van der Waals surface area contributed by atoms with E-state index in [0.717, 1.165) is 25.7 Å². The van der Waals surface area contributed by atoms with E-state index in [2.05, 4.69) is 4.99 Å². The SMILES string of the molecule is COc1cc(C2(N=C=O)CCCC2)c(O)cc1Cl. The van der Waals surface area contributed by atoms with Crippen LogP contribution in [0.2, 0.25) is 5.02 Å². The first kappa shape index (κ1) is 12.9. The van der Waals surface area contributed by atoms with Gasteiger partial charge in [-0.3, -0.25) is 0 Å². The molecule has 0 aromatic heterocycles. The number of benzene rings is 1. The minimum atomic E-state index is -0.677. The number of phenolic OH excluding ortho intramolecular Hbond substituents is 1. The number of isocyanates is 1. The number of rotatable bonds is 3. The topological polar surface area (TPSA) is 58.9 Å². The van der Waals surface area contributed by atoms with Gasteiger partial charge in [0.1, 0.15) is 17.0 Å². The second-order valence-corrected chi connectivity index (χ2v) is 4.85. The Bertz CT molecular complexity index is 503. The van der Waals surface area contributed by atoms with Gasteiger partial charge in [-0.1, -0.05) is 24.4 Å². The zero-order chi connectivity index (χ0) is 13.2. The molecule has 0 spiro atoms. The number of ether oxygens (including phenoxy) is 1. The minimum absolute atomic E-state index is 0.0432. The van der Waals surface area contributed by atoms with Crippen molar-refractivity contribution in [3.05, 3.63) is 22.7 Å². The number of aliphatic imine (C=N–C) groups is 1. The van der Waals surface area contributed by atoms with E-state index in [0.29, 0.717) is 16.3 Å². The van der Waals surface area contributed by atoms with Crippen LogP contribution in [0.15, 0.2) is 17.1 Å². The number of hydrogen-bond acceptors (Lipinski definition) is 4. The lowest BCUT2D eigenvalue weighted by Gasteiger charge is -2.24. The lowest BCUT2D eigenvalue weighted by molar-refractivity contribution is 0.391. The second-order valence-electron chi connectivity index (χ2n) is 4.45. The highest BCUT2D eigenvalue weighted by molar-refractivity contribution is 6.32. The molecule has 1 N–H and O–H groups in total. The summed E-state index contributed by atoms with van der Waals surface area (Å²) in [6.45, 7) is 0. The quantitative estimate of drug-likeness (QED) is 0.676. The second kappa shape index (κ2) is 5.01. The van der Waals surface area contributed by atoms with Crippen molar-refractivity contribution in [2.45, 2.75) is 31.2 Å². The van der Waals surface area contributed by atoms with Crippen LogP contribution in [0.3, 0.4) is 0 Å². The third kappa shape index (κ3) is 2.09. The molecule has 2 rings (SSSR count). The van der Waals surface area contributed by atoms with E-state index in [1.54, 1.807) is 12.1 Å². The Balaban J connectivity index is 2.57. The van der Waals surface area contributed by atoms with Gasteiger partial charge in [-0.15, -0.1) is 0 Å². The van der Waals surface area contributed by atoms with Gasteiger partial charge in [0.05, 0.1) is 12.1 Å². The van der Waals surface area contributed by atoms with Crippen LogP contribution in [0.25, 0.3) is 0 Å². The van der Waals surface area contributed by atoms with Gasteiger partial charge >= 0.3 is 0 Å². The molecule has 0 radical (unpaired) electrons. The summed E-state index contributed by atoms with van der Waals surface area (Å²) in [7, 11) is 1.51. The van der Waals surface area contributed by atoms with Gasteiger partial charge in [0.15, 0.2) is 0 Å². The first-order valence-corrected chi connectivity index (χ1v) is 6.17. The van der Waals surface area contributed by atoms with Crippen LogP contribution in [0.1, 0.15) is 31.2 Å². The van der Waals surface area contributed by atoms with Gasteiger partial charge in [-0.2, -0.15) is 4.99 Å². The number of halogens is 1. The average Bonchev–Trinajstić information content (AvgIpc) is 2.79. The maximum absolute atomic E-state index is 10.6. The van der Waals surface area contributed by atoms with Crippen LogP contribution >= 0.6 is 11.6 Å². The molecule has 96 valence electrons. The van der Waals surface area contributed by atoms with E-state index in [4.69, 9.17) is 16.3 Å². The number of methoxy groups -OCH3 is 1. The smallest absolute Gasteiger partial charge is 0.235 e. The lowest BCUT2D eigenvalue weighted by Crippen LogP contribution is -2.19. The Morgan fingerprint density at radius 3 is 2.67 bits per heavy atom. The normalized spacial score (nSPS) is 17.2. The molecule has 1 aromatic carbocycles. The maximum Gasteiger partial charge on any atom is 0.235 e. The Hall–Kier alpha value is -1.51. The summed E-state index contributed by atoms with van der Waals surface area (Å²) in [6, 6.07) is 3.08. The molecule has 0 atom stereocenters. The third-order valence-electron chi connectivity index (χ3n) is 3.46. The van der Waals surface area contributed by atoms with Gasteiger partial charge in [0.2, 0.25) is 6.08 Å². The summed E-state index contributed by atoms with van der Waals surface area (Å²) in [5.41, 5.74) is -0.0893. The van der Waals surface area contributed by atoms with Crippen LogP contribution in [-0.2, 0) is 10.3 Å². The van der Waals surface area contributed by atoms with E-state index < -0.39 is 5.54 Å². The number of hydrogen-bond donors (Lipinski definition) is 1. The lowest BCUT2D eigenvalue weighted by atomic mass is 9.88. The molecule has 0 aliphatic heterocycles. The fourth-order valence-corrected chi connectivity index (χ4v) is 2.80. The molecule has 0 amide bonds. The highest BCUT2D eigenvalue weighted by Gasteiger charge is 2.38. The first-order valence-electron chi connectivity index (χ1n) is 5.79. The van der Waals surface area contributed by atoms with Gasteiger partial charge in [0.25, 0.3) is 0 Å². The van der Waals surface area contributed by atoms with Crippen LogP contribution in [-0.4, -0.2) is 18.3 Å². The largest absolute Gasteiger partial charge is 0.508 e. The molecular weight excluding hydrogens is 254 g/mol. The zero-order valence-corrected chi connectivity index (χ0v) is 10.8. The first-order chi connectivity index (χ1) is 8.63. The number of carbonyl (C=O) groups excluding carboxylic acids is 1. The molecule has 0 bridgehead atoms. The van der Waals surface area contributed by atoms with E-state index >= 15 is 0 Å². The van der Waals surface area contributed by atoms with Crippen molar-refractivity contribution in [2.75, 3.05) is 7.11 Å². The standard InChI is InChI=1S/C13H14ClNO3/c1-18-12-6-9(11(17)7-10(12)14)13(15-8-16)4-2-3-5-13/h6-7,17H,2-5H2,1H3. The molecule has 5 heteroatoms. The van der Waals surface area contributed by atoms with Crippen molar-refractivity contribution >= 4 is 17.7 Å². The Labute approximate surface area is 110 Å². The van der Waals surface area contributed by atoms with Crippen LogP contribution in [0.4, 0.5) is 0 Å². The van der Waals surface area contributed by atoms with Crippen LogP contribution in [0, 0.1) is 0 Å². The predicted molar refractivity (Wildman–Crippen MR) is 67.9 cm³/mol. The number of nitrogens with zero attached hydrogens (tertiary/aromatic N) is 1. The average molecular weight is 268 g/mol. The summed E-state index contributed by atoms with van der Waals surface area (Å²) in [5, 5.41) is 10.4. The Morgan fingerprint density at radius 2 is 2.11 bits per heavy atom. The van der Waals surface area contributed by atoms with Crippen molar-refractivity contribution in [2.24, 2.45) is 4.99 Å². The summed E-state index contributed by atoms with van der Waals surface area (Å²) in [6.07, 6.45) is 5.00. The van der Waals surface area contributed by atoms with Crippen molar-refractivity contribution in [3.63, 3.8) is 0 Å². The Kier molecular flexibility index (Phi) is 3.60. The zero-order valence-electron chi connectivity index (χ0n) is 10.1. The van der Waals surface area contributed by atoms with Crippen molar-refractivity contribution in [1.82, 2.24) is 0 Å². The third-order valence-corrected chi connectivity index (χ3v) is 3.76. The summed E-state index contributed by atoms with van der Waals surface area (Å²) < 4.78 is 5.14. The summed E-state index contributed by atoms with van der Waals surface area (Å²) in [5.74, 6) is 0.513. The molecular formula is C13H14ClNO3.